The number of nitrogen functional groups attached to an aromatic ring is 1. The SMILES string of the molecule is CC(O)CC(C)Nc1cccc(NN)n1. The van der Waals surface area contributed by atoms with E-state index in [1.165, 1.54) is 0 Å². The molecule has 1 aromatic heterocycles. The van der Waals surface area contributed by atoms with E-state index in [0.29, 0.717) is 12.2 Å². The lowest BCUT2D eigenvalue weighted by atomic mass is 10.1. The van der Waals surface area contributed by atoms with Crippen molar-refractivity contribution in [1.82, 2.24) is 4.98 Å². The first-order valence-corrected chi connectivity index (χ1v) is 5.00. The second kappa shape index (κ2) is 5.53. The van der Waals surface area contributed by atoms with Crippen LogP contribution in [0.25, 0.3) is 0 Å². The second-order valence-corrected chi connectivity index (χ2v) is 3.68. The van der Waals surface area contributed by atoms with Crippen LogP contribution >= 0.6 is 0 Å². The zero-order chi connectivity index (χ0) is 11.3. The van der Waals surface area contributed by atoms with E-state index < -0.39 is 0 Å². The van der Waals surface area contributed by atoms with Crippen molar-refractivity contribution in [3.05, 3.63) is 18.2 Å². The number of aliphatic hydroxyl groups is 1. The topological polar surface area (TPSA) is 83.2 Å². The van der Waals surface area contributed by atoms with E-state index in [9.17, 15) is 5.11 Å². The monoisotopic (exact) mass is 210 g/mol. The molecular weight excluding hydrogens is 192 g/mol. The molecule has 0 aliphatic rings. The minimum atomic E-state index is -0.316. The molecule has 2 atom stereocenters. The maximum atomic E-state index is 9.21. The Morgan fingerprint density at radius 1 is 1.40 bits per heavy atom. The average molecular weight is 210 g/mol. The van der Waals surface area contributed by atoms with Gasteiger partial charge in [-0.15, -0.1) is 0 Å². The predicted molar refractivity (Wildman–Crippen MR) is 61.4 cm³/mol. The maximum absolute atomic E-state index is 9.21. The summed E-state index contributed by atoms with van der Waals surface area (Å²) in [6.45, 7) is 3.76. The zero-order valence-corrected chi connectivity index (χ0v) is 9.07. The van der Waals surface area contributed by atoms with Crippen LogP contribution < -0.4 is 16.6 Å². The fourth-order valence-corrected chi connectivity index (χ4v) is 1.42. The molecular formula is C10H18N4O. The van der Waals surface area contributed by atoms with Crippen LogP contribution in [0.5, 0.6) is 0 Å². The van der Waals surface area contributed by atoms with Crippen molar-refractivity contribution >= 4 is 11.6 Å². The molecule has 84 valence electrons. The number of pyridine rings is 1. The number of aliphatic hydroxyl groups excluding tert-OH is 1. The van der Waals surface area contributed by atoms with Crippen molar-refractivity contribution in [2.75, 3.05) is 10.7 Å². The van der Waals surface area contributed by atoms with Crippen LogP contribution in [0, 0.1) is 0 Å². The number of nitrogens with zero attached hydrogens (tertiary/aromatic N) is 1. The quantitative estimate of drug-likeness (QED) is 0.429. The van der Waals surface area contributed by atoms with E-state index in [1.807, 2.05) is 19.1 Å². The summed E-state index contributed by atoms with van der Waals surface area (Å²) in [5.41, 5.74) is 2.48. The molecule has 0 radical (unpaired) electrons. The highest BCUT2D eigenvalue weighted by molar-refractivity contribution is 5.44. The van der Waals surface area contributed by atoms with E-state index in [0.717, 1.165) is 5.82 Å². The van der Waals surface area contributed by atoms with Gasteiger partial charge in [0.25, 0.3) is 0 Å². The van der Waals surface area contributed by atoms with Gasteiger partial charge in [-0.1, -0.05) is 6.07 Å². The second-order valence-electron chi connectivity index (χ2n) is 3.68. The van der Waals surface area contributed by atoms with Gasteiger partial charge in [0.1, 0.15) is 11.6 Å². The van der Waals surface area contributed by atoms with Crippen molar-refractivity contribution in [2.45, 2.75) is 32.4 Å². The molecule has 0 saturated carbocycles. The molecule has 0 spiro atoms. The summed E-state index contributed by atoms with van der Waals surface area (Å²) in [4.78, 5) is 4.21. The lowest BCUT2D eigenvalue weighted by Crippen LogP contribution is -2.21. The van der Waals surface area contributed by atoms with Gasteiger partial charge >= 0.3 is 0 Å². The van der Waals surface area contributed by atoms with Gasteiger partial charge in [0.15, 0.2) is 0 Å². The van der Waals surface area contributed by atoms with Gasteiger partial charge in [-0.3, -0.25) is 0 Å². The summed E-state index contributed by atoms with van der Waals surface area (Å²) in [6, 6.07) is 5.68. The highest BCUT2D eigenvalue weighted by atomic mass is 16.3. The molecule has 0 fully saturated rings. The maximum Gasteiger partial charge on any atom is 0.142 e. The standard InChI is InChI=1S/C10H18N4O/c1-7(6-8(2)15)12-9-4-3-5-10(13-9)14-11/h3-5,7-8,15H,6,11H2,1-2H3,(H2,12,13,14). The molecule has 0 aromatic carbocycles. The smallest absolute Gasteiger partial charge is 0.142 e. The largest absolute Gasteiger partial charge is 0.393 e. The van der Waals surface area contributed by atoms with E-state index in [4.69, 9.17) is 5.84 Å². The molecule has 5 nitrogen and oxygen atoms in total. The van der Waals surface area contributed by atoms with E-state index in [1.54, 1.807) is 13.0 Å². The Morgan fingerprint density at radius 3 is 2.67 bits per heavy atom. The summed E-state index contributed by atoms with van der Waals surface area (Å²) in [5.74, 6) is 6.61. The first-order chi connectivity index (χ1) is 7.11. The molecule has 2 unspecified atom stereocenters. The number of nitrogens with one attached hydrogen (secondary N) is 2. The lowest BCUT2D eigenvalue weighted by molar-refractivity contribution is 0.179. The highest BCUT2D eigenvalue weighted by Crippen LogP contribution is 2.10. The Balaban J connectivity index is 2.55. The molecule has 0 bridgehead atoms. The van der Waals surface area contributed by atoms with Crippen molar-refractivity contribution in [3.63, 3.8) is 0 Å². The normalized spacial score (nSPS) is 14.4. The van der Waals surface area contributed by atoms with Crippen LogP contribution in [-0.2, 0) is 0 Å². The Kier molecular flexibility index (Phi) is 4.33. The molecule has 0 saturated heterocycles. The first kappa shape index (κ1) is 11.7. The van der Waals surface area contributed by atoms with Crippen LogP contribution in [0.3, 0.4) is 0 Å². The van der Waals surface area contributed by atoms with Crippen molar-refractivity contribution in [2.24, 2.45) is 5.84 Å². The molecule has 5 heteroatoms. The van der Waals surface area contributed by atoms with E-state index in [-0.39, 0.29) is 12.1 Å². The fraction of sp³-hybridized carbons (Fsp3) is 0.500. The number of hydrogen-bond donors (Lipinski definition) is 4. The van der Waals surface area contributed by atoms with Gasteiger partial charge in [0, 0.05) is 6.04 Å². The van der Waals surface area contributed by atoms with Crippen LogP contribution in [0.15, 0.2) is 18.2 Å². The zero-order valence-electron chi connectivity index (χ0n) is 9.07. The summed E-state index contributed by atoms with van der Waals surface area (Å²) in [7, 11) is 0. The fourth-order valence-electron chi connectivity index (χ4n) is 1.42. The third-order valence-electron chi connectivity index (χ3n) is 1.99. The minimum Gasteiger partial charge on any atom is -0.393 e. The van der Waals surface area contributed by atoms with Crippen molar-refractivity contribution < 1.29 is 5.11 Å². The molecule has 15 heavy (non-hydrogen) atoms. The molecule has 1 heterocycles. The summed E-state index contributed by atoms with van der Waals surface area (Å²) < 4.78 is 0. The number of anilines is 2. The van der Waals surface area contributed by atoms with Crippen LogP contribution in [0.4, 0.5) is 11.6 Å². The van der Waals surface area contributed by atoms with E-state index in [2.05, 4.69) is 15.7 Å². The summed E-state index contributed by atoms with van der Waals surface area (Å²) in [5, 5.41) is 12.4. The highest BCUT2D eigenvalue weighted by Gasteiger charge is 2.06. The third kappa shape index (κ3) is 4.14. The Bertz CT molecular complexity index is 303. The summed E-state index contributed by atoms with van der Waals surface area (Å²) >= 11 is 0. The van der Waals surface area contributed by atoms with Crippen molar-refractivity contribution in [3.8, 4) is 0 Å². The molecule has 1 rings (SSSR count). The molecule has 1 aromatic rings. The van der Waals surface area contributed by atoms with Crippen molar-refractivity contribution in [1.29, 1.82) is 0 Å². The Morgan fingerprint density at radius 2 is 2.07 bits per heavy atom. The lowest BCUT2D eigenvalue weighted by Gasteiger charge is -2.16. The Labute approximate surface area is 89.7 Å². The van der Waals surface area contributed by atoms with Gasteiger partial charge in [-0.2, -0.15) is 0 Å². The third-order valence-corrected chi connectivity index (χ3v) is 1.99. The first-order valence-electron chi connectivity index (χ1n) is 5.00. The molecule has 0 aliphatic carbocycles. The number of aromatic nitrogens is 1. The van der Waals surface area contributed by atoms with Crippen LogP contribution in [-0.4, -0.2) is 22.2 Å². The number of hydrazine groups is 1. The predicted octanol–water partition coefficient (Wildman–Crippen LogP) is 0.938. The van der Waals surface area contributed by atoms with Gasteiger partial charge in [-0.25, -0.2) is 10.8 Å². The van der Waals surface area contributed by atoms with Crippen LogP contribution in [0.2, 0.25) is 0 Å². The van der Waals surface area contributed by atoms with Gasteiger partial charge in [-0.05, 0) is 32.4 Å². The van der Waals surface area contributed by atoms with Gasteiger partial charge < -0.3 is 15.8 Å². The molecule has 0 amide bonds. The number of rotatable bonds is 5. The number of nitrogens with two attached hydrogens (primary N) is 1. The molecule has 5 N–H and O–H groups in total. The van der Waals surface area contributed by atoms with Crippen LogP contribution in [0.1, 0.15) is 20.3 Å². The number of hydrogen-bond acceptors (Lipinski definition) is 5. The minimum absolute atomic E-state index is 0.172. The molecule has 0 aliphatic heterocycles. The van der Waals surface area contributed by atoms with Gasteiger partial charge in [0.05, 0.1) is 6.10 Å². The van der Waals surface area contributed by atoms with Gasteiger partial charge in [0.2, 0.25) is 0 Å². The average Bonchev–Trinajstić information content (AvgIpc) is 2.16. The Hall–Kier alpha value is -1.33. The van der Waals surface area contributed by atoms with E-state index >= 15 is 0 Å². The summed E-state index contributed by atoms with van der Waals surface area (Å²) in [6.07, 6.45) is 0.366.